The first kappa shape index (κ1) is 30.4. The minimum Gasteiger partial charge on any atom is -0.309 e. The lowest BCUT2D eigenvalue weighted by atomic mass is 9.92. The molecule has 0 bridgehead atoms. The zero-order valence-corrected chi connectivity index (χ0v) is 28.2. The summed E-state index contributed by atoms with van der Waals surface area (Å²) < 4.78 is 2.37. The van der Waals surface area contributed by atoms with Crippen LogP contribution in [0.3, 0.4) is 0 Å². The highest BCUT2D eigenvalue weighted by atomic mass is 15.0. The van der Waals surface area contributed by atoms with Gasteiger partial charge in [0.05, 0.1) is 11.0 Å². The average Bonchev–Trinajstić information content (AvgIpc) is 3.55. The number of aromatic nitrogens is 1. The zero-order chi connectivity index (χ0) is 34.0. The highest BCUT2D eigenvalue weighted by molar-refractivity contribution is 6.09. The Morgan fingerprint density at radius 2 is 0.667 bits per heavy atom. The molecule has 0 fully saturated rings. The molecule has 51 heavy (non-hydrogen) atoms. The smallest absolute Gasteiger partial charge is 0.0541 e. The first-order valence-corrected chi connectivity index (χ1v) is 17.5. The third kappa shape index (κ3) is 5.96. The Kier molecular flexibility index (Phi) is 7.92. The molecule has 240 valence electrons. The van der Waals surface area contributed by atoms with E-state index in [9.17, 15) is 0 Å². The van der Waals surface area contributed by atoms with Crippen molar-refractivity contribution in [2.75, 3.05) is 0 Å². The fourth-order valence-electron chi connectivity index (χ4n) is 7.22. The van der Waals surface area contributed by atoms with Crippen LogP contribution in [0, 0.1) is 0 Å². The van der Waals surface area contributed by atoms with Crippen LogP contribution in [0.4, 0.5) is 0 Å². The lowest BCUT2D eigenvalue weighted by molar-refractivity contribution is 1.18. The molecule has 9 aromatic rings. The summed E-state index contributed by atoms with van der Waals surface area (Å²) in [6.07, 6.45) is 2.31. The minimum absolute atomic E-state index is 1.16. The van der Waals surface area contributed by atoms with Gasteiger partial charge < -0.3 is 4.57 Å². The highest BCUT2D eigenvalue weighted by Gasteiger charge is 2.12. The standard InChI is InChI=1S/C50H35N/c1-3-11-37(12-4-1)39-21-19-36(20-22-39)35-48(43-27-23-40(24-28-43)38-13-5-2-6-14-38)44-29-25-41(26-30-44)42-31-33-45(34-32-42)51-49-17-9-7-15-46(49)47-16-8-10-18-50(47)51/h1-35H/b48-35+. The molecule has 0 spiro atoms. The molecule has 0 aliphatic heterocycles. The maximum atomic E-state index is 2.37. The molecule has 1 heteroatoms. The van der Waals surface area contributed by atoms with E-state index in [0.29, 0.717) is 0 Å². The van der Waals surface area contributed by atoms with Crippen LogP contribution in [0.15, 0.2) is 206 Å². The Labute approximate surface area is 299 Å². The van der Waals surface area contributed by atoms with E-state index < -0.39 is 0 Å². The molecule has 9 rings (SSSR count). The minimum atomic E-state index is 1.16. The summed E-state index contributed by atoms with van der Waals surface area (Å²) in [5.41, 5.74) is 15.6. The number of para-hydroxylation sites is 2. The zero-order valence-electron chi connectivity index (χ0n) is 28.2. The van der Waals surface area contributed by atoms with Crippen molar-refractivity contribution in [3.8, 4) is 39.1 Å². The Hall–Kier alpha value is -6.70. The van der Waals surface area contributed by atoms with Gasteiger partial charge in [-0.3, -0.25) is 0 Å². The molecular weight excluding hydrogens is 615 g/mol. The molecule has 0 saturated heterocycles. The SMILES string of the molecule is C(=C(/c1ccc(-c2ccccc2)cc1)c1ccc(-c2ccc(-n3c4ccccc4c4ccccc43)cc2)cc1)/c1ccc(-c2ccccc2)cc1. The lowest BCUT2D eigenvalue weighted by Crippen LogP contribution is -1.93. The molecule has 0 atom stereocenters. The van der Waals surface area contributed by atoms with Gasteiger partial charge in [-0.25, -0.2) is 0 Å². The number of rotatable bonds is 7. The van der Waals surface area contributed by atoms with E-state index in [1.165, 1.54) is 77.5 Å². The first-order chi connectivity index (χ1) is 25.3. The summed E-state index contributed by atoms with van der Waals surface area (Å²) in [4.78, 5) is 0. The molecule has 0 aliphatic rings. The molecule has 1 aromatic heterocycles. The predicted molar refractivity (Wildman–Crippen MR) is 217 cm³/mol. The van der Waals surface area contributed by atoms with Crippen molar-refractivity contribution >= 4 is 33.5 Å². The van der Waals surface area contributed by atoms with E-state index in [0.717, 1.165) is 5.69 Å². The van der Waals surface area contributed by atoms with Crippen LogP contribution in [0.2, 0.25) is 0 Å². The molecule has 1 nitrogen and oxygen atoms in total. The Morgan fingerprint density at radius 1 is 0.314 bits per heavy atom. The maximum absolute atomic E-state index is 2.37. The predicted octanol–water partition coefficient (Wildman–Crippen LogP) is 13.4. The Morgan fingerprint density at radius 3 is 1.12 bits per heavy atom. The van der Waals surface area contributed by atoms with Gasteiger partial charge in [0.2, 0.25) is 0 Å². The fraction of sp³-hybridized carbons (Fsp3) is 0. The van der Waals surface area contributed by atoms with Crippen molar-refractivity contribution in [1.29, 1.82) is 0 Å². The van der Waals surface area contributed by atoms with Crippen molar-refractivity contribution < 1.29 is 0 Å². The summed E-state index contributed by atoms with van der Waals surface area (Å²) in [5, 5.41) is 2.55. The normalized spacial score (nSPS) is 11.6. The van der Waals surface area contributed by atoms with E-state index in [4.69, 9.17) is 0 Å². The summed E-state index contributed by atoms with van der Waals surface area (Å²) in [7, 11) is 0. The molecule has 0 amide bonds. The largest absolute Gasteiger partial charge is 0.309 e. The average molecular weight is 650 g/mol. The topological polar surface area (TPSA) is 4.93 Å². The molecule has 0 N–H and O–H groups in total. The van der Waals surface area contributed by atoms with E-state index in [1.54, 1.807) is 0 Å². The third-order valence-electron chi connectivity index (χ3n) is 9.87. The van der Waals surface area contributed by atoms with Crippen LogP contribution in [0.25, 0.3) is 72.5 Å². The molecule has 0 radical (unpaired) electrons. The van der Waals surface area contributed by atoms with Gasteiger partial charge in [0.15, 0.2) is 0 Å². The molecule has 0 unspecified atom stereocenters. The van der Waals surface area contributed by atoms with Crippen molar-refractivity contribution in [2.24, 2.45) is 0 Å². The van der Waals surface area contributed by atoms with E-state index in [-0.39, 0.29) is 0 Å². The van der Waals surface area contributed by atoms with Gasteiger partial charge in [-0.2, -0.15) is 0 Å². The summed E-state index contributed by atoms with van der Waals surface area (Å²) in [6.45, 7) is 0. The van der Waals surface area contributed by atoms with Crippen LogP contribution in [-0.4, -0.2) is 4.57 Å². The fourth-order valence-corrected chi connectivity index (χ4v) is 7.22. The van der Waals surface area contributed by atoms with E-state index in [1.807, 2.05) is 0 Å². The monoisotopic (exact) mass is 649 g/mol. The van der Waals surface area contributed by atoms with Gasteiger partial charge in [-0.05, 0) is 86.0 Å². The lowest BCUT2D eigenvalue weighted by Gasteiger charge is -2.13. The summed E-state index contributed by atoms with van der Waals surface area (Å²) >= 11 is 0. The van der Waals surface area contributed by atoms with Gasteiger partial charge in [0.25, 0.3) is 0 Å². The quantitative estimate of drug-likeness (QED) is 0.151. The van der Waals surface area contributed by atoms with Crippen LogP contribution >= 0.6 is 0 Å². The summed E-state index contributed by atoms with van der Waals surface area (Å²) in [6, 6.07) is 74.2. The van der Waals surface area contributed by atoms with Crippen LogP contribution in [0.5, 0.6) is 0 Å². The molecular formula is C50H35N. The second-order valence-electron chi connectivity index (χ2n) is 13.0. The maximum Gasteiger partial charge on any atom is 0.0541 e. The number of benzene rings is 8. The number of hydrogen-bond donors (Lipinski definition) is 0. The molecule has 0 saturated carbocycles. The number of nitrogens with zero attached hydrogens (tertiary/aromatic N) is 1. The van der Waals surface area contributed by atoms with Gasteiger partial charge >= 0.3 is 0 Å². The number of hydrogen-bond acceptors (Lipinski definition) is 0. The van der Waals surface area contributed by atoms with Gasteiger partial charge in [0.1, 0.15) is 0 Å². The van der Waals surface area contributed by atoms with Crippen LogP contribution < -0.4 is 0 Å². The van der Waals surface area contributed by atoms with Crippen molar-refractivity contribution in [1.82, 2.24) is 4.57 Å². The second kappa shape index (κ2) is 13.3. The van der Waals surface area contributed by atoms with E-state index >= 15 is 0 Å². The molecule has 8 aromatic carbocycles. The van der Waals surface area contributed by atoms with E-state index in [2.05, 4.69) is 217 Å². The molecule has 0 aliphatic carbocycles. The Balaban J connectivity index is 1.05. The third-order valence-corrected chi connectivity index (χ3v) is 9.87. The van der Waals surface area contributed by atoms with Gasteiger partial charge in [-0.15, -0.1) is 0 Å². The number of fused-ring (bicyclic) bond motifs is 3. The van der Waals surface area contributed by atoms with Gasteiger partial charge in [0, 0.05) is 16.5 Å². The summed E-state index contributed by atoms with van der Waals surface area (Å²) in [5.74, 6) is 0. The van der Waals surface area contributed by atoms with Crippen molar-refractivity contribution in [2.45, 2.75) is 0 Å². The Bertz CT molecular complexity index is 2560. The highest BCUT2D eigenvalue weighted by Crippen LogP contribution is 2.34. The van der Waals surface area contributed by atoms with Crippen LogP contribution in [-0.2, 0) is 0 Å². The van der Waals surface area contributed by atoms with Crippen molar-refractivity contribution in [3.05, 3.63) is 223 Å². The first-order valence-electron chi connectivity index (χ1n) is 17.5. The molecule has 1 heterocycles. The van der Waals surface area contributed by atoms with Gasteiger partial charge in [-0.1, -0.05) is 182 Å². The van der Waals surface area contributed by atoms with Crippen molar-refractivity contribution in [3.63, 3.8) is 0 Å². The second-order valence-corrected chi connectivity index (χ2v) is 13.0. The van der Waals surface area contributed by atoms with Crippen LogP contribution in [0.1, 0.15) is 16.7 Å².